The van der Waals surface area contributed by atoms with Crippen LogP contribution in [0.3, 0.4) is 0 Å². The molecule has 0 spiro atoms. The number of nitrogens with one attached hydrogen (secondary N) is 2. The Labute approximate surface area is 158 Å². The average molecular weight is 396 g/mol. The molecule has 0 fully saturated rings. The summed E-state index contributed by atoms with van der Waals surface area (Å²) in [6.07, 6.45) is 4.32. The van der Waals surface area contributed by atoms with Crippen molar-refractivity contribution in [2.75, 3.05) is 73.6 Å². The van der Waals surface area contributed by atoms with E-state index in [0.717, 1.165) is 38.8 Å². The van der Waals surface area contributed by atoms with Gasteiger partial charge in [-0.3, -0.25) is 9.32 Å². The van der Waals surface area contributed by atoms with Crippen molar-refractivity contribution in [1.82, 2.24) is 15.3 Å². The van der Waals surface area contributed by atoms with Gasteiger partial charge in [0.2, 0.25) is 6.41 Å². The summed E-state index contributed by atoms with van der Waals surface area (Å²) in [6, 6.07) is 0. The molecule has 0 aromatic carbocycles. The molecule has 5 N–H and O–H groups in total. The number of nitrogens with zero attached hydrogens (tertiary/aromatic N) is 2. The number of hydrogen-bond acceptors (Lipinski definition) is 5. The molecule has 0 rings (SSSR count). The van der Waals surface area contributed by atoms with E-state index < -0.39 is 7.75 Å². The lowest BCUT2D eigenvalue weighted by molar-refractivity contribution is -0.870. The van der Waals surface area contributed by atoms with Crippen LogP contribution in [0.5, 0.6) is 0 Å². The zero-order chi connectivity index (χ0) is 19.9. The zero-order valence-electron chi connectivity index (χ0n) is 16.7. The number of carbonyl (C=O) groups is 1. The number of hydrogen-bond donors (Lipinski definition) is 4. The molecule has 0 aliphatic rings. The minimum atomic E-state index is -3.77. The first kappa shape index (κ1) is 25.5. The number of unbranched alkanes of at least 4 members (excludes halogenated alkanes) is 1. The van der Waals surface area contributed by atoms with Gasteiger partial charge in [0, 0.05) is 19.6 Å². The molecule has 0 heterocycles. The van der Waals surface area contributed by atoms with Gasteiger partial charge in [-0.1, -0.05) is 0 Å². The van der Waals surface area contributed by atoms with Crippen molar-refractivity contribution in [3.63, 3.8) is 0 Å². The van der Waals surface area contributed by atoms with Gasteiger partial charge in [-0.25, -0.2) is 9.65 Å². The van der Waals surface area contributed by atoms with E-state index in [-0.39, 0.29) is 6.61 Å². The van der Waals surface area contributed by atoms with Crippen molar-refractivity contribution in [3.8, 4) is 0 Å². The van der Waals surface area contributed by atoms with Gasteiger partial charge in [-0.05, 0) is 45.3 Å². The standard InChI is InChI=1S/C16H38N5O4P/c1-21(2,3)14-15-25-26(23,24)19-11-7-13-20(16-22)12-5-4-9-18-10-6-8-17/h16,18H,4-15,17H2,1-3H3,(H-,19,23,24)/p+1. The summed E-state index contributed by atoms with van der Waals surface area (Å²) in [5, 5.41) is 5.84. The maximum Gasteiger partial charge on any atom is 0.403 e. The summed E-state index contributed by atoms with van der Waals surface area (Å²) in [6.45, 7) is 4.97. The Morgan fingerprint density at radius 2 is 1.77 bits per heavy atom. The van der Waals surface area contributed by atoms with Crippen LogP contribution in [0.4, 0.5) is 0 Å². The molecule has 0 aromatic heterocycles. The van der Waals surface area contributed by atoms with Crippen LogP contribution in [0.1, 0.15) is 25.7 Å². The third kappa shape index (κ3) is 16.9. The maximum atomic E-state index is 11.9. The third-order valence-corrected chi connectivity index (χ3v) is 4.87. The fraction of sp³-hybridized carbons (Fsp3) is 0.938. The average Bonchev–Trinajstić information content (AvgIpc) is 2.54. The molecule has 0 bridgehead atoms. The van der Waals surface area contributed by atoms with E-state index in [9.17, 15) is 14.3 Å². The van der Waals surface area contributed by atoms with Crippen LogP contribution < -0.4 is 16.1 Å². The molecule has 10 heteroatoms. The highest BCUT2D eigenvalue weighted by Gasteiger charge is 2.19. The minimum Gasteiger partial charge on any atom is -0.345 e. The Bertz CT molecular complexity index is 407. The number of amides is 1. The molecule has 0 aliphatic heterocycles. The van der Waals surface area contributed by atoms with Crippen LogP contribution in [0, 0.1) is 0 Å². The first-order chi connectivity index (χ1) is 12.2. The van der Waals surface area contributed by atoms with E-state index in [2.05, 4.69) is 10.4 Å². The summed E-state index contributed by atoms with van der Waals surface area (Å²) < 4.78 is 17.6. The van der Waals surface area contributed by atoms with Crippen molar-refractivity contribution in [2.45, 2.75) is 25.7 Å². The molecular weight excluding hydrogens is 357 g/mol. The SMILES string of the molecule is C[N+](C)(C)CCOP(=O)(O)NCCCN(C=O)CCCCNCCCN. The lowest BCUT2D eigenvalue weighted by Gasteiger charge is -2.24. The highest BCUT2D eigenvalue weighted by atomic mass is 31.2. The molecule has 26 heavy (non-hydrogen) atoms. The molecule has 1 atom stereocenters. The molecule has 0 saturated heterocycles. The molecule has 1 unspecified atom stereocenters. The van der Waals surface area contributed by atoms with Gasteiger partial charge in [0.25, 0.3) is 0 Å². The smallest absolute Gasteiger partial charge is 0.345 e. The van der Waals surface area contributed by atoms with Gasteiger partial charge >= 0.3 is 7.75 Å². The maximum absolute atomic E-state index is 11.9. The molecule has 156 valence electrons. The second kappa shape index (κ2) is 14.5. The fourth-order valence-corrected chi connectivity index (χ4v) is 2.98. The number of nitrogens with two attached hydrogens (primary N) is 1. The second-order valence-electron chi connectivity index (χ2n) is 7.37. The number of quaternary nitrogens is 1. The third-order valence-electron chi connectivity index (χ3n) is 3.72. The molecule has 9 nitrogen and oxygen atoms in total. The molecule has 0 saturated carbocycles. The van der Waals surface area contributed by atoms with Crippen molar-refractivity contribution in [2.24, 2.45) is 5.73 Å². The predicted molar refractivity (Wildman–Crippen MR) is 105 cm³/mol. The minimum absolute atomic E-state index is 0.212. The van der Waals surface area contributed by atoms with Crippen LogP contribution in [-0.2, 0) is 13.9 Å². The molecule has 0 radical (unpaired) electrons. The zero-order valence-corrected chi connectivity index (χ0v) is 17.5. The van der Waals surface area contributed by atoms with Crippen LogP contribution in [-0.4, -0.2) is 94.2 Å². The van der Waals surface area contributed by atoms with Crippen LogP contribution in [0.15, 0.2) is 0 Å². The van der Waals surface area contributed by atoms with Crippen molar-refractivity contribution < 1.29 is 23.3 Å². The summed E-state index contributed by atoms with van der Waals surface area (Å²) in [5.74, 6) is 0. The Kier molecular flexibility index (Phi) is 14.2. The lowest BCUT2D eigenvalue weighted by atomic mass is 10.2. The van der Waals surface area contributed by atoms with E-state index in [1.807, 2.05) is 21.1 Å². The Hall–Kier alpha value is -0.540. The van der Waals surface area contributed by atoms with Crippen molar-refractivity contribution in [3.05, 3.63) is 0 Å². The Balaban J connectivity index is 3.74. The van der Waals surface area contributed by atoms with Gasteiger partial charge in [-0.15, -0.1) is 0 Å². The van der Waals surface area contributed by atoms with Gasteiger partial charge in [-0.2, -0.15) is 0 Å². The van der Waals surface area contributed by atoms with Crippen molar-refractivity contribution >= 4 is 14.2 Å². The monoisotopic (exact) mass is 396 g/mol. The summed E-state index contributed by atoms with van der Waals surface area (Å²) in [5.41, 5.74) is 5.42. The van der Waals surface area contributed by atoms with E-state index in [1.165, 1.54) is 0 Å². The van der Waals surface area contributed by atoms with E-state index >= 15 is 0 Å². The van der Waals surface area contributed by atoms with Gasteiger partial charge < -0.3 is 25.3 Å². The van der Waals surface area contributed by atoms with Crippen LogP contribution in [0.25, 0.3) is 0 Å². The summed E-state index contributed by atoms with van der Waals surface area (Å²) in [7, 11) is 2.20. The number of rotatable bonds is 18. The molecular formula is C16H39N5O4P+. The van der Waals surface area contributed by atoms with Crippen molar-refractivity contribution in [1.29, 1.82) is 0 Å². The second-order valence-corrected chi connectivity index (χ2v) is 8.99. The van der Waals surface area contributed by atoms with Gasteiger partial charge in [0.1, 0.15) is 13.2 Å². The molecule has 1 amide bonds. The van der Waals surface area contributed by atoms with Crippen LogP contribution >= 0.6 is 7.75 Å². The number of carbonyl (C=O) groups excluding carboxylic acids is 1. The molecule has 0 aromatic rings. The normalized spacial score (nSPS) is 14.2. The predicted octanol–water partition coefficient (Wildman–Crippen LogP) is -0.0337. The Morgan fingerprint density at radius 3 is 2.38 bits per heavy atom. The molecule has 0 aliphatic carbocycles. The Morgan fingerprint density at radius 1 is 1.12 bits per heavy atom. The highest BCUT2D eigenvalue weighted by Crippen LogP contribution is 2.36. The topological polar surface area (TPSA) is 117 Å². The van der Waals surface area contributed by atoms with E-state index in [4.69, 9.17) is 10.3 Å². The highest BCUT2D eigenvalue weighted by molar-refractivity contribution is 7.50. The lowest BCUT2D eigenvalue weighted by Crippen LogP contribution is -2.37. The largest absolute Gasteiger partial charge is 0.403 e. The first-order valence-electron chi connectivity index (χ1n) is 9.33. The summed E-state index contributed by atoms with van der Waals surface area (Å²) in [4.78, 5) is 22.5. The number of likely N-dealkylation sites (N-methyl/N-ethyl adjacent to an activating group) is 1. The van der Waals surface area contributed by atoms with Crippen LogP contribution in [0.2, 0.25) is 0 Å². The van der Waals surface area contributed by atoms with E-state index in [0.29, 0.717) is 43.6 Å². The fourth-order valence-electron chi connectivity index (χ4n) is 2.12. The summed E-state index contributed by atoms with van der Waals surface area (Å²) >= 11 is 0. The quantitative estimate of drug-likeness (QED) is 0.111. The van der Waals surface area contributed by atoms with Gasteiger partial charge in [0.15, 0.2) is 0 Å². The van der Waals surface area contributed by atoms with Gasteiger partial charge in [0.05, 0.1) is 21.1 Å². The van der Waals surface area contributed by atoms with E-state index in [1.54, 1.807) is 4.90 Å². The first-order valence-corrected chi connectivity index (χ1v) is 10.9.